The SMILES string of the molecule is CCCNc1ncc([N+](=O)[O-])c(NCC(F)(F)CO)n1. The number of alkyl halides is 2. The van der Waals surface area contributed by atoms with Gasteiger partial charge in [-0.05, 0) is 6.42 Å². The summed E-state index contributed by atoms with van der Waals surface area (Å²) in [4.78, 5) is 17.5. The van der Waals surface area contributed by atoms with E-state index in [9.17, 15) is 18.9 Å². The number of aromatic nitrogens is 2. The lowest BCUT2D eigenvalue weighted by atomic mass is 10.3. The molecule has 0 aliphatic rings. The molecule has 0 unspecified atom stereocenters. The van der Waals surface area contributed by atoms with Crippen LogP contribution < -0.4 is 10.6 Å². The van der Waals surface area contributed by atoms with Crippen molar-refractivity contribution in [3.8, 4) is 0 Å². The Hall–Kier alpha value is -2.10. The molecule has 0 aliphatic carbocycles. The molecular weight excluding hydrogens is 276 g/mol. The van der Waals surface area contributed by atoms with Gasteiger partial charge in [0.05, 0.1) is 11.5 Å². The fraction of sp³-hybridized carbons (Fsp3) is 0.600. The molecule has 0 saturated carbocycles. The van der Waals surface area contributed by atoms with Gasteiger partial charge in [0.2, 0.25) is 11.8 Å². The van der Waals surface area contributed by atoms with Gasteiger partial charge in [0.1, 0.15) is 12.8 Å². The number of hydrogen-bond donors (Lipinski definition) is 3. The topological polar surface area (TPSA) is 113 Å². The zero-order valence-electron chi connectivity index (χ0n) is 10.8. The quantitative estimate of drug-likeness (QED) is 0.488. The molecule has 0 aliphatic heterocycles. The Morgan fingerprint density at radius 2 is 2.20 bits per heavy atom. The zero-order chi connectivity index (χ0) is 15.2. The Morgan fingerprint density at radius 3 is 2.75 bits per heavy atom. The van der Waals surface area contributed by atoms with Gasteiger partial charge in [-0.2, -0.15) is 4.98 Å². The molecule has 0 spiro atoms. The van der Waals surface area contributed by atoms with Crippen LogP contribution in [-0.2, 0) is 0 Å². The van der Waals surface area contributed by atoms with Crippen molar-refractivity contribution in [1.29, 1.82) is 0 Å². The first-order valence-corrected chi connectivity index (χ1v) is 5.87. The minimum absolute atomic E-state index is 0.104. The van der Waals surface area contributed by atoms with Gasteiger partial charge in [-0.15, -0.1) is 0 Å². The highest BCUT2D eigenvalue weighted by molar-refractivity contribution is 5.57. The first-order valence-electron chi connectivity index (χ1n) is 5.87. The largest absolute Gasteiger partial charge is 0.390 e. The second-order valence-electron chi connectivity index (χ2n) is 3.98. The van der Waals surface area contributed by atoms with Crippen LogP contribution in [0.1, 0.15) is 13.3 Å². The van der Waals surface area contributed by atoms with Gasteiger partial charge in [0.15, 0.2) is 0 Å². The van der Waals surface area contributed by atoms with Crippen LogP contribution in [0, 0.1) is 10.1 Å². The molecule has 0 fully saturated rings. The molecule has 3 N–H and O–H groups in total. The summed E-state index contributed by atoms with van der Waals surface area (Å²) in [6.07, 6.45) is 1.72. The van der Waals surface area contributed by atoms with Gasteiger partial charge in [0.25, 0.3) is 5.92 Å². The number of aliphatic hydroxyl groups is 1. The normalized spacial score (nSPS) is 11.2. The number of aliphatic hydroxyl groups excluding tert-OH is 1. The standard InChI is InChI=1S/C10H15F2N5O3/c1-2-3-13-9-14-4-7(17(19)20)8(16-9)15-5-10(11,12)6-18/h4,18H,2-3,5-6H2,1H3,(H2,13,14,15,16). The monoisotopic (exact) mass is 291 g/mol. The molecule has 0 atom stereocenters. The summed E-state index contributed by atoms with van der Waals surface area (Å²) in [5, 5.41) is 24.2. The zero-order valence-corrected chi connectivity index (χ0v) is 10.8. The lowest BCUT2D eigenvalue weighted by Crippen LogP contribution is -2.31. The summed E-state index contributed by atoms with van der Waals surface area (Å²) in [7, 11) is 0. The van der Waals surface area contributed by atoms with Crippen molar-refractivity contribution in [3.05, 3.63) is 16.3 Å². The summed E-state index contributed by atoms with van der Waals surface area (Å²) in [6.45, 7) is 0.123. The molecule has 112 valence electrons. The van der Waals surface area contributed by atoms with Crippen LogP contribution >= 0.6 is 0 Å². The van der Waals surface area contributed by atoms with E-state index >= 15 is 0 Å². The first-order chi connectivity index (χ1) is 9.39. The molecule has 0 bridgehead atoms. The third-order valence-corrected chi connectivity index (χ3v) is 2.25. The minimum Gasteiger partial charge on any atom is -0.390 e. The number of rotatable bonds is 8. The van der Waals surface area contributed by atoms with Crippen molar-refractivity contribution in [1.82, 2.24) is 9.97 Å². The van der Waals surface area contributed by atoms with Crippen LogP contribution in [0.4, 0.5) is 26.2 Å². The molecular formula is C10H15F2N5O3. The average molecular weight is 291 g/mol. The second kappa shape index (κ2) is 6.89. The summed E-state index contributed by atoms with van der Waals surface area (Å²) < 4.78 is 25.9. The van der Waals surface area contributed by atoms with E-state index in [1.165, 1.54) is 0 Å². The maximum atomic E-state index is 12.9. The van der Waals surface area contributed by atoms with Gasteiger partial charge < -0.3 is 15.7 Å². The summed E-state index contributed by atoms with van der Waals surface area (Å²) in [5.41, 5.74) is -0.513. The molecule has 0 saturated heterocycles. The van der Waals surface area contributed by atoms with Crippen molar-refractivity contribution >= 4 is 17.5 Å². The third kappa shape index (κ3) is 4.53. The second-order valence-corrected chi connectivity index (χ2v) is 3.98. The molecule has 10 heteroatoms. The van der Waals surface area contributed by atoms with Crippen LogP contribution in [0.3, 0.4) is 0 Å². The summed E-state index contributed by atoms with van der Waals surface area (Å²) in [5.74, 6) is -3.61. The lowest BCUT2D eigenvalue weighted by molar-refractivity contribution is -0.384. The fourth-order valence-electron chi connectivity index (χ4n) is 1.23. The van der Waals surface area contributed by atoms with Gasteiger partial charge in [-0.1, -0.05) is 6.92 Å². The van der Waals surface area contributed by atoms with Gasteiger partial charge in [-0.25, -0.2) is 13.8 Å². The molecule has 0 radical (unpaired) electrons. The number of halogens is 2. The molecule has 0 aromatic carbocycles. The molecule has 1 aromatic heterocycles. The van der Waals surface area contributed by atoms with E-state index in [1.807, 2.05) is 6.92 Å². The van der Waals surface area contributed by atoms with Crippen LogP contribution in [0.15, 0.2) is 6.20 Å². The van der Waals surface area contributed by atoms with Crippen LogP contribution in [0.25, 0.3) is 0 Å². The van der Waals surface area contributed by atoms with E-state index < -0.39 is 29.7 Å². The Bertz CT molecular complexity index is 472. The molecule has 1 rings (SSSR count). The summed E-state index contributed by atoms with van der Waals surface area (Å²) >= 11 is 0. The maximum absolute atomic E-state index is 12.9. The van der Waals surface area contributed by atoms with Crippen molar-refractivity contribution < 1.29 is 18.8 Å². The maximum Gasteiger partial charge on any atom is 0.329 e. The average Bonchev–Trinajstić information content (AvgIpc) is 2.42. The Labute approximate surface area is 113 Å². The van der Waals surface area contributed by atoms with Gasteiger partial charge >= 0.3 is 5.69 Å². The summed E-state index contributed by atoms with van der Waals surface area (Å²) in [6, 6.07) is 0. The molecule has 20 heavy (non-hydrogen) atoms. The molecule has 1 heterocycles. The minimum atomic E-state index is -3.39. The highest BCUT2D eigenvalue weighted by Gasteiger charge is 2.29. The number of anilines is 2. The predicted octanol–water partition coefficient (Wildman–Crippen LogP) is 1.25. The van der Waals surface area contributed by atoms with Gasteiger partial charge in [-0.3, -0.25) is 10.1 Å². The van der Waals surface area contributed by atoms with E-state index in [-0.39, 0.29) is 11.8 Å². The highest BCUT2D eigenvalue weighted by Crippen LogP contribution is 2.23. The van der Waals surface area contributed by atoms with E-state index in [4.69, 9.17) is 5.11 Å². The van der Waals surface area contributed by atoms with Crippen molar-refractivity contribution in [2.75, 3.05) is 30.3 Å². The predicted molar refractivity (Wildman–Crippen MR) is 68.0 cm³/mol. The first kappa shape index (κ1) is 16.0. The van der Waals surface area contributed by atoms with E-state index in [0.29, 0.717) is 6.54 Å². The van der Waals surface area contributed by atoms with E-state index in [0.717, 1.165) is 12.6 Å². The fourth-order valence-corrected chi connectivity index (χ4v) is 1.23. The van der Waals surface area contributed by atoms with Crippen molar-refractivity contribution in [2.45, 2.75) is 19.3 Å². The smallest absolute Gasteiger partial charge is 0.329 e. The highest BCUT2D eigenvalue weighted by atomic mass is 19.3. The van der Waals surface area contributed by atoms with Crippen LogP contribution in [0.2, 0.25) is 0 Å². The third-order valence-electron chi connectivity index (χ3n) is 2.25. The molecule has 8 nitrogen and oxygen atoms in total. The lowest BCUT2D eigenvalue weighted by Gasteiger charge is -2.14. The number of nitrogens with zero attached hydrogens (tertiary/aromatic N) is 3. The number of nitro groups is 1. The van der Waals surface area contributed by atoms with Crippen molar-refractivity contribution in [2.24, 2.45) is 0 Å². The van der Waals surface area contributed by atoms with E-state index in [1.54, 1.807) is 0 Å². The molecule has 1 aromatic rings. The van der Waals surface area contributed by atoms with Crippen LogP contribution in [-0.4, -0.2) is 45.6 Å². The Kier molecular flexibility index (Phi) is 5.50. The van der Waals surface area contributed by atoms with E-state index in [2.05, 4.69) is 20.6 Å². The van der Waals surface area contributed by atoms with Gasteiger partial charge in [0, 0.05) is 6.54 Å². The number of hydrogen-bond acceptors (Lipinski definition) is 7. The Morgan fingerprint density at radius 1 is 1.50 bits per heavy atom. The van der Waals surface area contributed by atoms with Crippen LogP contribution in [0.5, 0.6) is 0 Å². The molecule has 0 amide bonds. The van der Waals surface area contributed by atoms with Crippen molar-refractivity contribution in [3.63, 3.8) is 0 Å². The number of nitrogens with one attached hydrogen (secondary N) is 2. The Balaban J connectivity index is 2.91.